The number of benzene rings is 2. The van der Waals surface area contributed by atoms with Crippen LogP contribution in [0.1, 0.15) is 27.2 Å². The van der Waals surface area contributed by atoms with Crippen molar-refractivity contribution in [3.63, 3.8) is 0 Å². The highest BCUT2D eigenvalue weighted by atomic mass is 35.5. The number of nitrogens with zero attached hydrogens (tertiary/aromatic N) is 2. The van der Waals surface area contributed by atoms with E-state index in [2.05, 4.69) is 5.16 Å². The zero-order chi connectivity index (χ0) is 19.9. The summed E-state index contributed by atoms with van der Waals surface area (Å²) in [5.74, 6) is -0.171. The Balaban J connectivity index is 1.66. The van der Waals surface area contributed by atoms with Crippen molar-refractivity contribution in [1.29, 1.82) is 0 Å². The molecule has 4 rings (SSSR count). The van der Waals surface area contributed by atoms with E-state index in [1.807, 2.05) is 0 Å². The normalized spacial score (nSPS) is 14.1. The summed E-state index contributed by atoms with van der Waals surface area (Å²) in [6.45, 7) is 0.395. The third-order valence-electron chi connectivity index (χ3n) is 4.69. The van der Waals surface area contributed by atoms with Gasteiger partial charge in [-0.3, -0.25) is 4.79 Å². The van der Waals surface area contributed by atoms with Crippen LogP contribution in [0.2, 0.25) is 5.02 Å². The van der Waals surface area contributed by atoms with E-state index < -0.39 is 17.6 Å². The molecule has 2 aromatic carbocycles. The lowest BCUT2D eigenvalue weighted by atomic mass is 9.99. The van der Waals surface area contributed by atoms with Gasteiger partial charge in [-0.15, -0.1) is 0 Å². The van der Waals surface area contributed by atoms with Crippen LogP contribution in [-0.2, 0) is 19.1 Å². The van der Waals surface area contributed by atoms with Gasteiger partial charge >= 0.3 is 6.18 Å². The Kier molecular flexibility index (Phi) is 4.63. The van der Waals surface area contributed by atoms with E-state index in [-0.39, 0.29) is 18.7 Å². The Labute approximate surface area is 163 Å². The monoisotopic (exact) mass is 406 g/mol. The van der Waals surface area contributed by atoms with Crippen molar-refractivity contribution in [3.8, 4) is 11.3 Å². The zero-order valence-corrected chi connectivity index (χ0v) is 15.2. The first-order valence-electron chi connectivity index (χ1n) is 8.53. The number of halogens is 4. The highest BCUT2D eigenvalue weighted by Gasteiger charge is 2.37. The Morgan fingerprint density at radius 2 is 1.82 bits per heavy atom. The molecule has 1 aromatic heterocycles. The second kappa shape index (κ2) is 6.98. The Morgan fingerprint density at radius 3 is 2.54 bits per heavy atom. The molecule has 0 radical (unpaired) electrons. The van der Waals surface area contributed by atoms with E-state index in [0.29, 0.717) is 28.5 Å². The van der Waals surface area contributed by atoms with Gasteiger partial charge in [0.1, 0.15) is 0 Å². The van der Waals surface area contributed by atoms with Crippen LogP contribution in [0, 0.1) is 0 Å². The van der Waals surface area contributed by atoms with E-state index in [4.69, 9.17) is 16.1 Å². The quantitative estimate of drug-likeness (QED) is 0.586. The summed E-state index contributed by atoms with van der Waals surface area (Å²) in [6.07, 6.45) is -4.19. The van der Waals surface area contributed by atoms with Crippen molar-refractivity contribution in [1.82, 2.24) is 10.1 Å². The highest BCUT2D eigenvalue weighted by Crippen LogP contribution is 2.35. The van der Waals surface area contributed by atoms with Crippen molar-refractivity contribution in [2.45, 2.75) is 19.1 Å². The highest BCUT2D eigenvalue weighted by molar-refractivity contribution is 6.30. The molecule has 0 spiro atoms. The average molecular weight is 407 g/mol. The minimum absolute atomic E-state index is 0.127. The van der Waals surface area contributed by atoms with Gasteiger partial charge in [0.05, 0.1) is 23.4 Å². The summed E-state index contributed by atoms with van der Waals surface area (Å²) in [4.78, 5) is 14.2. The second-order valence-corrected chi connectivity index (χ2v) is 6.90. The molecule has 1 aliphatic rings. The van der Waals surface area contributed by atoms with Crippen LogP contribution in [0.5, 0.6) is 0 Å². The number of carbonyl (C=O) groups is 1. The standard InChI is InChI=1S/C20H14ClF3N2O2/c21-13-7-5-12(6-8-13)18-15-11-26(10-9-17(15)25-28-18)19(27)14-3-1-2-4-16(14)20(22,23)24/h1-8H,9-11H2. The third kappa shape index (κ3) is 3.38. The van der Waals surface area contributed by atoms with Gasteiger partial charge in [0.15, 0.2) is 5.76 Å². The number of hydrogen-bond acceptors (Lipinski definition) is 3. The lowest BCUT2D eigenvalue weighted by molar-refractivity contribution is -0.138. The SMILES string of the molecule is O=C(c1ccccc1C(F)(F)F)N1CCc2noc(-c3ccc(Cl)cc3)c2C1. The van der Waals surface area contributed by atoms with Crippen molar-refractivity contribution in [3.05, 3.63) is 75.9 Å². The molecule has 2 heterocycles. The molecule has 4 nitrogen and oxygen atoms in total. The van der Waals surface area contributed by atoms with Gasteiger partial charge in [0.25, 0.3) is 5.91 Å². The van der Waals surface area contributed by atoms with Gasteiger partial charge in [-0.05, 0) is 36.4 Å². The number of fused-ring (bicyclic) bond motifs is 1. The van der Waals surface area contributed by atoms with E-state index in [9.17, 15) is 18.0 Å². The molecule has 0 bridgehead atoms. The summed E-state index contributed by atoms with van der Waals surface area (Å²) >= 11 is 5.91. The minimum atomic E-state index is -4.60. The van der Waals surface area contributed by atoms with Gasteiger partial charge in [-0.25, -0.2) is 0 Å². The molecule has 0 unspecified atom stereocenters. The summed E-state index contributed by atoms with van der Waals surface area (Å²) in [6, 6.07) is 11.8. The lowest BCUT2D eigenvalue weighted by Gasteiger charge is -2.27. The Morgan fingerprint density at radius 1 is 1.11 bits per heavy atom. The van der Waals surface area contributed by atoms with Crippen molar-refractivity contribution >= 4 is 17.5 Å². The lowest BCUT2D eigenvalue weighted by Crippen LogP contribution is -2.37. The Hall–Kier alpha value is -2.80. The molecule has 28 heavy (non-hydrogen) atoms. The van der Waals surface area contributed by atoms with E-state index in [1.54, 1.807) is 24.3 Å². The van der Waals surface area contributed by atoms with Crippen LogP contribution < -0.4 is 0 Å². The zero-order valence-electron chi connectivity index (χ0n) is 14.5. The van der Waals surface area contributed by atoms with Crippen LogP contribution in [0.3, 0.4) is 0 Å². The first-order valence-corrected chi connectivity index (χ1v) is 8.91. The van der Waals surface area contributed by atoms with E-state index in [0.717, 1.165) is 11.6 Å². The first-order chi connectivity index (χ1) is 13.3. The number of rotatable bonds is 2. The fraction of sp³-hybridized carbons (Fsp3) is 0.200. The van der Waals surface area contributed by atoms with Crippen molar-refractivity contribution < 1.29 is 22.5 Å². The average Bonchev–Trinajstić information content (AvgIpc) is 3.10. The summed E-state index contributed by atoms with van der Waals surface area (Å²) in [5, 5.41) is 4.62. The van der Waals surface area contributed by atoms with Gasteiger partial charge in [0, 0.05) is 29.1 Å². The van der Waals surface area contributed by atoms with Gasteiger partial charge in [-0.2, -0.15) is 13.2 Å². The maximum atomic E-state index is 13.3. The summed E-state index contributed by atoms with van der Waals surface area (Å²) < 4.78 is 45.3. The molecule has 1 amide bonds. The van der Waals surface area contributed by atoms with Crippen molar-refractivity contribution in [2.75, 3.05) is 6.54 Å². The van der Waals surface area contributed by atoms with E-state index in [1.165, 1.54) is 23.1 Å². The van der Waals surface area contributed by atoms with E-state index >= 15 is 0 Å². The Bertz CT molecular complexity index is 1030. The topological polar surface area (TPSA) is 46.3 Å². The van der Waals surface area contributed by atoms with Crippen LogP contribution in [0.25, 0.3) is 11.3 Å². The molecule has 8 heteroatoms. The molecule has 0 saturated heterocycles. The van der Waals surface area contributed by atoms with Crippen LogP contribution in [-0.4, -0.2) is 22.5 Å². The number of amides is 1. The number of carbonyl (C=O) groups excluding carboxylic acids is 1. The predicted octanol–water partition coefficient (Wildman–Crippen LogP) is 5.21. The fourth-order valence-electron chi connectivity index (χ4n) is 3.30. The molecule has 1 aliphatic heterocycles. The maximum absolute atomic E-state index is 13.3. The van der Waals surface area contributed by atoms with Gasteiger partial charge in [-0.1, -0.05) is 28.9 Å². The van der Waals surface area contributed by atoms with Crippen LogP contribution in [0.15, 0.2) is 53.1 Å². The van der Waals surface area contributed by atoms with Crippen molar-refractivity contribution in [2.24, 2.45) is 0 Å². The maximum Gasteiger partial charge on any atom is 0.417 e. The smallest absolute Gasteiger partial charge is 0.356 e. The molecular weight excluding hydrogens is 393 g/mol. The number of alkyl halides is 3. The number of hydrogen-bond donors (Lipinski definition) is 0. The molecule has 144 valence electrons. The number of aromatic nitrogens is 1. The first kappa shape index (κ1) is 18.6. The molecule has 0 N–H and O–H groups in total. The van der Waals surface area contributed by atoms with Crippen LogP contribution in [0.4, 0.5) is 13.2 Å². The van der Waals surface area contributed by atoms with Crippen LogP contribution >= 0.6 is 11.6 Å². The summed E-state index contributed by atoms with van der Waals surface area (Å²) in [5.41, 5.74) is 0.852. The molecule has 0 aliphatic carbocycles. The third-order valence-corrected chi connectivity index (χ3v) is 4.95. The van der Waals surface area contributed by atoms with Gasteiger partial charge < -0.3 is 9.42 Å². The molecule has 0 saturated carbocycles. The molecule has 3 aromatic rings. The predicted molar refractivity (Wildman–Crippen MR) is 96.8 cm³/mol. The fourth-order valence-corrected chi connectivity index (χ4v) is 3.43. The second-order valence-electron chi connectivity index (χ2n) is 6.46. The van der Waals surface area contributed by atoms with Gasteiger partial charge in [0.2, 0.25) is 0 Å². The molecule has 0 fully saturated rings. The summed E-state index contributed by atoms with van der Waals surface area (Å²) in [7, 11) is 0. The minimum Gasteiger partial charge on any atom is -0.356 e. The largest absolute Gasteiger partial charge is 0.417 e. The molecular formula is C20H14ClF3N2O2. The molecule has 0 atom stereocenters.